The third-order valence-corrected chi connectivity index (χ3v) is 7.55. The van der Waals surface area contributed by atoms with E-state index in [1.807, 2.05) is 0 Å². The fourth-order valence-electron chi connectivity index (χ4n) is 6.83. The summed E-state index contributed by atoms with van der Waals surface area (Å²) in [5.74, 6) is 7.97. The van der Waals surface area contributed by atoms with Crippen LogP contribution in [0.2, 0.25) is 0 Å². The van der Waals surface area contributed by atoms with Gasteiger partial charge in [-0.1, -0.05) is 32.6 Å². The first-order valence-electron chi connectivity index (χ1n) is 8.84. The molecule has 0 aliphatic heterocycles. The van der Waals surface area contributed by atoms with Gasteiger partial charge < -0.3 is 0 Å². The van der Waals surface area contributed by atoms with E-state index in [-0.39, 0.29) is 0 Å². The summed E-state index contributed by atoms with van der Waals surface area (Å²) in [6, 6.07) is 0. The number of rotatable bonds is 0. The van der Waals surface area contributed by atoms with Crippen molar-refractivity contribution in [3.63, 3.8) is 0 Å². The molecule has 4 aliphatic rings. The Bertz CT molecular complexity index is 303. The lowest BCUT2D eigenvalue weighted by molar-refractivity contribution is -0.0363. The van der Waals surface area contributed by atoms with E-state index in [9.17, 15) is 0 Å². The van der Waals surface area contributed by atoms with E-state index in [1.165, 1.54) is 12.3 Å². The van der Waals surface area contributed by atoms with Crippen LogP contribution in [0.1, 0.15) is 71.1 Å². The molecule has 4 rings (SSSR count). The van der Waals surface area contributed by atoms with Crippen molar-refractivity contribution in [2.24, 2.45) is 41.4 Å². The highest BCUT2D eigenvalue weighted by atomic mass is 14.5. The molecule has 0 saturated heterocycles. The Balaban J connectivity index is 1.56. The molecule has 4 aliphatic carbocycles. The predicted octanol–water partition coefficient (Wildman–Crippen LogP) is 5.28. The van der Waals surface area contributed by atoms with E-state index in [1.54, 1.807) is 57.8 Å². The first-order valence-corrected chi connectivity index (χ1v) is 8.84. The average Bonchev–Trinajstić information content (AvgIpc) is 2.87. The van der Waals surface area contributed by atoms with Gasteiger partial charge in [0.25, 0.3) is 0 Å². The van der Waals surface area contributed by atoms with E-state index >= 15 is 0 Å². The maximum Gasteiger partial charge on any atom is -0.0352 e. The Morgan fingerprint density at radius 3 is 2.06 bits per heavy atom. The van der Waals surface area contributed by atoms with E-state index in [0.717, 1.165) is 35.5 Å². The van der Waals surface area contributed by atoms with Crippen LogP contribution in [0, 0.1) is 41.4 Å². The number of hydrogen-bond acceptors (Lipinski definition) is 0. The molecule has 0 aromatic heterocycles. The standard InChI is InChI=1S/C18H30/c1-12-4-2-7-16-14(12)10-11-17-15-6-3-5-13(15)8-9-18(16)17/h12-18H,2-11H2,1H3. The minimum Gasteiger partial charge on any atom is -0.0622 e. The first-order chi connectivity index (χ1) is 8.84. The molecule has 4 fully saturated rings. The van der Waals surface area contributed by atoms with Crippen LogP contribution in [-0.4, -0.2) is 0 Å². The van der Waals surface area contributed by atoms with E-state index in [4.69, 9.17) is 0 Å². The van der Waals surface area contributed by atoms with Gasteiger partial charge in [-0.15, -0.1) is 0 Å². The van der Waals surface area contributed by atoms with Crippen LogP contribution in [0.5, 0.6) is 0 Å². The SMILES string of the molecule is CC1CCCC2C1CCC1C3CCCC3CCC21. The first kappa shape index (κ1) is 11.8. The van der Waals surface area contributed by atoms with Gasteiger partial charge in [0.2, 0.25) is 0 Å². The highest BCUT2D eigenvalue weighted by molar-refractivity contribution is 4.99. The third-order valence-electron chi connectivity index (χ3n) is 7.55. The zero-order valence-electron chi connectivity index (χ0n) is 12.1. The molecule has 0 amide bonds. The van der Waals surface area contributed by atoms with E-state index < -0.39 is 0 Å². The van der Waals surface area contributed by atoms with Crippen LogP contribution in [0.25, 0.3) is 0 Å². The molecule has 0 N–H and O–H groups in total. The van der Waals surface area contributed by atoms with Crippen molar-refractivity contribution >= 4 is 0 Å². The van der Waals surface area contributed by atoms with Crippen LogP contribution in [0.15, 0.2) is 0 Å². The minimum absolute atomic E-state index is 1.05. The van der Waals surface area contributed by atoms with Crippen molar-refractivity contribution in [2.75, 3.05) is 0 Å². The number of fused-ring (bicyclic) bond motifs is 5. The van der Waals surface area contributed by atoms with Gasteiger partial charge in [0, 0.05) is 0 Å². The molecule has 0 aromatic carbocycles. The Kier molecular flexibility index (Phi) is 2.97. The molecule has 0 aromatic rings. The van der Waals surface area contributed by atoms with Crippen LogP contribution in [0.3, 0.4) is 0 Å². The summed E-state index contributed by atoms with van der Waals surface area (Å²) in [6.07, 6.45) is 15.8. The van der Waals surface area contributed by atoms with Crippen LogP contribution >= 0.6 is 0 Å². The smallest absolute Gasteiger partial charge is 0.0352 e. The molecular formula is C18H30. The molecule has 0 nitrogen and oxygen atoms in total. The lowest BCUT2D eigenvalue weighted by atomic mass is 9.52. The Morgan fingerprint density at radius 1 is 0.500 bits per heavy atom. The molecular weight excluding hydrogens is 216 g/mol. The van der Waals surface area contributed by atoms with Crippen LogP contribution in [-0.2, 0) is 0 Å². The Hall–Kier alpha value is 0. The second kappa shape index (κ2) is 4.53. The molecule has 0 spiro atoms. The Labute approximate surface area is 113 Å². The molecule has 0 radical (unpaired) electrons. The summed E-state index contributed by atoms with van der Waals surface area (Å²) < 4.78 is 0. The van der Waals surface area contributed by atoms with Gasteiger partial charge in [-0.3, -0.25) is 0 Å². The lowest BCUT2D eigenvalue weighted by Crippen LogP contribution is -2.45. The van der Waals surface area contributed by atoms with Crippen molar-refractivity contribution in [3.05, 3.63) is 0 Å². The van der Waals surface area contributed by atoms with Crippen LogP contribution in [0.4, 0.5) is 0 Å². The fraction of sp³-hybridized carbons (Fsp3) is 1.00. The third kappa shape index (κ3) is 1.70. The topological polar surface area (TPSA) is 0 Å². The summed E-state index contributed by atoms with van der Waals surface area (Å²) in [6.45, 7) is 2.55. The summed E-state index contributed by atoms with van der Waals surface area (Å²) in [4.78, 5) is 0. The van der Waals surface area contributed by atoms with Crippen molar-refractivity contribution in [3.8, 4) is 0 Å². The van der Waals surface area contributed by atoms with Crippen molar-refractivity contribution in [2.45, 2.75) is 71.1 Å². The van der Waals surface area contributed by atoms with Crippen molar-refractivity contribution in [1.82, 2.24) is 0 Å². The largest absolute Gasteiger partial charge is 0.0622 e. The van der Waals surface area contributed by atoms with Gasteiger partial charge in [-0.2, -0.15) is 0 Å². The van der Waals surface area contributed by atoms with E-state index in [0.29, 0.717) is 0 Å². The minimum atomic E-state index is 1.05. The number of hydrogen-bond donors (Lipinski definition) is 0. The normalized spacial score (nSPS) is 55.5. The molecule has 4 saturated carbocycles. The van der Waals surface area contributed by atoms with Crippen LogP contribution < -0.4 is 0 Å². The average molecular weight is 246 g/mol. The maximum absolute atomic E-state index is 2.55. The van der Waals surface area contributed by atoms with Crippen molar-refractivity contribution < 1.29 is 0 Å². The van der Waals surface area contributed by atoms with E-state index in [2.05, 4.69) is 6.92 Å². The quantitative estimate of drug-likeness (QED) is 0.546. The van der Waals surface area contributed by atoms with Crippen molar-refractivity contribution in [1.29, 1.82) is 0 Å². The van der Waals surface area contributed by atoms with Gasteiger partial charge in [0.05, 0.1) is 0 Å². The highest BCUT2D eigenvalue weighted by Crippen LogP contribution is 2.58. The zero-order valence-corrected chi connectivity index (χ0v) is 12.1. The Morgan fingerprint density at radius 2 is 1.11 bits per heavy atom. The monoisotopic (exact) mass is 246 g/mol. The van der Waals surface area contributed by atoms with Gasteiger partial charge in [0.1, 0.15) is 0 Å². The highest BCUT2D eigenvalue weighted by Gasteiger charge is 2.49. The molecule has 0 heteroatoms. The predicted molar refractivity (Wildman–Crippen MR) is 76.3 cm³/mol. The maximum atomic E-state index is 2.55. The van der Waals surface area contributed by atoms with Gasteiger partial charge in [-0.05, 0) is 80.0 Å². The summed E-state index contributed by atoms with van der Waals surface area (Å²) in [5, 5.41) is 0. The summed E-state index contributed by atoms with van der Waals surface area (Å²) in [7, 11) is 0. The second-order valence-electron chi connectivity index (χ2n) is 8.07. The molecule has 7 atom stereocenters. The summed E-state index contributed by atoms with van der Waals surface area (Å²) >= 11 is 0. The summed E-state index contributed by atoms with van der Waals surface area (Å²) in [5.41, 5.74) is 0. The fourth-order valence-corrected chi connectivity index (χ4v) is 6.83. The lowest BCUT2D eigenvalue weighted by Gasteiger charge is -2.53. The van der Waals surface area contributed by atoms with Gasteiger partial charge in [0.15, 0.2) is 0 Å². The molecule has 102 valence electrons. The zero-order chi connectivity index (χ0) is 12.1. The van der Waals surface area contributed by atoms with Gasteiger partial charge >= 0.3 is 0 Å². The second-order valence-corrected chi connectivity index (χ2v) is 8.07. The molecule has 0 heterocycles. The molecule has 18 heavy (non-hydrogen) atoms. The molecule has 0 bridgehead atoms. The molecule has 7 unspecified atom stereocenters. The van der Waals surface area contributed by atoms with Gasteiger partial charge in [-0.25, -0.2) is 0 Å².